The number of carboxylic acids is 1. The van der Waals surface area contributed by atoms with Crippen molar-refractivity contribution in [1.29, 1.82) is 0 Å². The molecule has 1 N–H and O–H groups in total. The average molecular weight is 326 g/mol. The predicted molar refractivity (Wildman–Crippen MR) is 79.0 cm³/mol. The molecule has 1 heterocycles. The Morgan fingerprint density at radius 2 is 2.11 bits per heavy atom. The Kier molecular flexibility index (Phi) is 5.40. The smallest absolute Gasteiger partial charge is 0.303 e. The van der Waals surface area contributed by atoms with E-state index < -0.39 is 5.97 Å². The second-order valence-electron chi connectivity index (χ2n) is 5.26. The van der Waals surface area contributed by atoms with Crippen LogP contribution in [0.3, 0.4) is 0 Å². The second-order valence-corrected chi connectivity index (χ2v) is 6.12. The number of likely N-dealkylation sites (tertiary alicyclic amines) is 1. The zero-order valence-electron chi connectivity index (χ0n) is 11.0. The SMILES string of the molecule is O=C(O)C[C@H]1CCCN(Cc2ccccc2Br)CC1. The minimum atomic E-state index is -0.663. The summed E-state index contributed by atoms with van der Waals surface area (Å²) in [7, 11) is 0. The highest BCUT2D eigenvalue weighted by atomic mass is 79.9. The largest absolute Gasteiger partial charge is 0.481 e. The van der Waals surface area contributed by atoms with Gasteiger partial charge in [0.2, 0.25) is 0 Å². The van der Waals surface area contributed by atoms with Crippen molar-refractivity contribution in [1.82, 2.24) is 4.90 Å². The highest BCUT2D eigenvalue weighted by Crippen LogP contribution is 2.23. The first-order valence-corrected chi connectivity index (χ1v) is 7.62. The zero-order valence-corrected chi connectivity index (χ0v) is 12.6. The third-order valence-electron chi connectivity index (χ3n) is 3.76. The maximum Gasteiger partial charge on any atom is 0.303 e. The number of hydrogen-bond donors (Lipinski definition) is 1. The van der Waals surface area contributed by atoms with Crippen molar-refractivity contribution < 1.29 is 9.90 Å². The van der Waals surface area contributed by atoms with Gasteiger partial charge < -0.3 is 5.11 Å². The molecule has 104 valence electrons. The van der Waals surface area contributed by atoms with Crippen LogP contribution in [0.15, 0.2) is 28.7 Å². The Bertz CT molecular complexity index is 436. The molecule has 4 heteroatoms. The van der Waals surface area contributed by atoms with Crippen molar-refractivity contribution in [2.45, 2.75) is 32.2 Å². The number of halogens is 1. The van der Waals surface area contributed by atoms with Gasteiger partial charge in [0, 0.05) is 17.4 Å². The first-order valence-electron chi connectivity index (χ1n) is 6.82. The molecule has 0 saturated carbocycles. The van der Waals surface area contributed by atoms with Gasteiger partial charge >= 0.3 is 5.97 Å². The van der Waals surface area contributed by atoms with Gasteiger partial charge in [-0.3, -0.25) is 9.69 Å². The summed E-state index contributed by atoms with van der Waals surface area (Å²) >= 11 is 3.58. The summed E-state index contributed by atoms with van der Waals surface area (Å²) in [4.78, 5) is 13.2. The van der Waals surface area contributed by atoms with Gasteiger partial charge in [-0.15, -0.1) is 0 Å². The van der Waals surface area contributed by atoms with E-state index in [1.165, 1.54) is 5.56 Å². The highest BCUT2D eigenvalue weighted by molar-refractivity contribution is 9.10. The fraction of sp³-hybridized carbons (Fsp3) is 0.533. The molecule has 1 atom stereocenters. The van der Waals surface area contributed by atoms with Crippen molar-refractivity contribution in [3.63, 3.8) is 0 Å². The van der Waals surface area contributed by atoms with Crippen LogP contribution in [0.4, 0.5) is 0 Å². The molecular formula is C15H20BrNO2. The lowest BCUT2D eigenvalue weighted by Crippen LogP contribution is -2.24. The predicted octanol–water partition coefficient (Wildman–Crippen LogP) is 3.53. The number of benzene rings is 1. The van der Waals surface area contributed by atoms with E-state index in [1.807, 2.05) is 6.07 Å². The summed E-state index contributed by atoms with van der Waals surface area (Å²) in [6.07, 6.45) is 3.46. The van der Waals surface area contributed by atoms with Crippen molar-refractivity contribution >= 4 is 21.9 Å². The molecule has 2 rings (SSSR count). The molecule has 0 spiro atoms. The van der Waals surface area contributed by atoms with Gasteiger partial charge in [-0.25, -0.2) is 0 Å². The molecule has 1 aromatic carbocycles. The first kappa shape index (κ1) is 14.5. The van der Waals surface area contributed by atoms with Gasteiger partial charge in [0.15, 0.2) is 0 Å². The number of hydrogen-bond acceptors (Lipinski definition) is 2. The van der Waals surface area contributed by atoms with E-state index >= 15 is 0 Å². The molecule has 19 heavy (non-hydrogen) atoms. The number of aliphatic carboxylic acids is 1. The van der Waals surface area contributed by atoms with Crippen LogP contribution in [0.25, 0.3) is 0 Å². The zero-order chi connectivity index (χ0) is 13.7. The van der Waals surface area contributed by atoms with Crippen LogP contribution >= 0.6 is 15.9 Å². The minimum absolute atomic E-state index is 0.322. The maximum atomic E-state index is 10.8. The summed E-state index contributed by atoms with van der Waals surface area (Å²) in [5.41, 5.74) is 1.30. The van der Waals surface area contributed by atoms with Crippen LogP contribution in [0.5, 0.6) is 0 Å². The normalized spacial score (nSPS) is 21.0. The van der Waals surface area contributed by atoms with Crippen molar-refractivity contribution in [3.05, 3.63) is 34.3 Å². The molecule has 0 unspecified atom stereocenters. The number of rotatable bonds is 4. The molecule has 0 radical (unpaired) electrons. The Morgan fingerprint density at radius 3 is 2.84 bits per heavy atom. The van der Waals surface area contributed by atoms with Crippen LogP contribution in [0, 0.1) is 5.92 Å². The minimum Gasteiger partial charge on any atom is -0.481 e. The van der Waals surface area contributed by atoms with Gasteiger partial charge in [0.05, 0.1) is 0 Å². The van der Waals surface area contributed by atoms with Gasteiger partial charge in [0.25, 0.3) is 0 Å². The Labute approximate surface area is 122 Å². The highest BCUT2D eigenvalue weighted by Gasteiger charge is 2.19. The molecule has 1 aromatic rings. The second kappa shape index (κ2) is 7.06. The van der Waals surface area contributed by atoms with Crippen LogP contribution in [0.1, 0.15) is 31.2 Å². The molecule has 1 fully saturated rings. The summed E-state index contributed by atoms with van der Waals surface area (Å²) in [5, 5.41) is 8.88. The van der Waals surface area contributed by atoms with E-state index in [0.717, 1.165) is 43.4 Å². The van der Waals surface area contributed by atoms with E-state index in [0.29, 0.717) is 12.3 Å². The fourth-order valence-corrected chi connectivity index (χ4v) is 3.11. The lowest BCUT2D eigenvalue weighted by atomic mass is 9.97. The topological polar surface area (TPSA) is 40.5 Å². The van der Waals surface area contributed by atoms with Crippen LogP contribution in [-0.2, 0) is 11.3 Å². The van der Waals surface area contributed by atoms with E-state index in [2.05, 4.69) is 39.0 Å². The van der Waals surface area contributed by atoms with Crippen molar-refractivity contribution in [3.8, 4) is 0 Å². The molecule has 0 aromatic heterocycles. The van der Waals surface area contributed by atoms with E-state index in [1.54, 1.807) is 0 Å². The molecule has 0 aliphatic carbocycles. The lowest BCUT2D eigenvalue weighted by molar-refractivity contribution is -0.138. The average Bonchev–Trinajstić information content (AvgIpc) is 2.57. The van der Waals surface area contributed by atoms with Crippen LogP contribution in [0.2, 0.25) is 0 Å². The molecule has 0 amide bonds. The lowest BCUT2D eigenvalue weighted by Gasteiger charge is -2.20. The molecule has 0 bridgehead atoms. The summed E-state index contributed by atoms with van der Waals surface area (Å²) in [5.74, 6) is -0.314. The maximum absolute atomic E-state index is 10.8. The fourth-order valence-electron chi connectivity index (χ4n) is 2.70. The number of carbonyl (C=O) groups is 1. The molecule has 3 nitrogen and oxygen atoms in total. The van der Waals surface area contributed by atoms with E-state index in [-0.39, 0.29) is 0 Å². The molecule has 1 aliphatic rings. The number of carboxylic acid groups (broad SMARTS) is 1. The summed E-state index contributed by atoms with van der Waals surface area (Å²) in [6, 6.07) is 8.30. The van der Waals surface area contributed by atoms with E-state index in [9.17, 15) is 4.79 Å². The Morgan fingerprint density at radius 1 is 1.32 bits per heavy atom. The number of nitrogens with zero attached hydrogens (tertiary/aromatic N) is 1. The quantitative estimate of drug-likeness (QED) is 0.920. The van der Waals surface area contributed by atoms with Crippen LogP contribution < -0.4 is 0 Å². The monoisotopic (exact) mass is 325 g/mol. The van der Waals surface area contributed by atoms with Gasteiger partial charge in [-0.05, 0) is 49.9 Å². The standard InChI is InChI=1S/C15H20BrNO2/c16-14-6-2-1-5-13(14)11-17-8-3-4-12(7-9-17)10-15(18)19/h1-2,5-6,12H,3-4,7-11H2,(H,18,19)/t12-/m0/s1. The third kappa shape index (κ3) is 4.62. The summed E-state index contributed by atoms with van der Waals surface area (Å²) in [6.45, 7) is 3.01. The molecule has 1 saturated heterocycles. The van der Waals surface area contributed by atoms with Crippen molar-refractivity contribution in [2.75, 3.05) is 13.1 Å². The molecule has 1 aliphatic heterocycles. The summed E-state index contributed by atoms with van der Waals surface area (Å²) < 4.78 is 1.15. The van der Waals surface area contributed by atoms with Gasteiger partial charge in [0.1, 0.15) is 0 Å². The van der Waals surface area contributed by atoms with Gasteiger partial charge in [-0.2, -0.15) is 0 Å². The van der Waals surface area contributed by atoms with E-state index in [4.69, 9.17) is 5.11 Å². The molecular weight excluding hydrogens is 306 g/mol. The Hall–Kier alpha value is -0.870. The van der Waals surface area contributed by atoms with Gasteiger partial charge in [-0.1, -0.05) is 34.1 Å². The van der Waals surface area contributed by atoms with Crippen LogP contribution in [-0.4, -0.2) is 29.1 Å². The Balaban J connectivity index is 1.89. The first-order chi connectivity index (χ1) is 9.15. The third-order valence-corrected chi connectivity index (χ3v) is 4.53. The van der Waals surface area contributed by atoms with Crippen molar-refractivity contribution in [2.24, 2.45) is 5.92 Å².